The first-order chi connectivity index (χ1) is 12.2. The molecular formula is C21H22N2O2. The monoisotopic (exact) mass is 334 g/mol. The van der Waals surface area contributed by atoms with Crippen LogP contribution < -0.4 is 4.74 Å². The van der Waals surface area contributed by atoms with Gasteiger partial charge >= 0.3 is 0 Å². The highest BCUT2D eigenvalue weighted by atomic mass is 16.5. The first-order valence-corrected chi connectivity index (χ1v) is 8.63. The highest BCUT2D eigenvalue weighted by Gasteiger charge is 2.29. The lowest BCUT2D eigenvalue weighted by Crippen LogP contribution is -2.30. The van der Waals surface area contributed by atoms with Crippen LogP contribution in [0.5, 0.6) is 5.75 Å². The molecule has 0 saturated carbocycles. The lowest BCUT2D eigenvalue weighted by Gasteiger charge is -2.25. The average molecular weight is 334 g/mol. The summed E-state index contributed by atoms with van der Waals surface area (Å²) in [5, 5.41) is 8.85. The lowest BCUT2D eigenvalue weighted by molar-refractivity contribution is -0.132. The zero-order chi connectivity index (χ0) is 17.6. The topological polar surface area (TPSA) is 53.3 Å². The Kier molecular flexibility index (Phi) is 5.35. The maximum absolute atomic E-state index is 12.7. The molecule has 1 saturated heterocycles. The summed E-state index contributed by atoms with van der Waals surface area (Å²) in [6.45, 7) is 0.814. The van der Waals surface area contributed by atoms with Crippen molar-refractivity contribution >= 4 is 5.91 Å². The molecule has 128 valence electrons. The van der Waals surface area contributed by atoms with Crippen LogP contribution in [0.4, 0.5) is 0 Å². The van der Waals surface area contributed by atoms with Gasteiger partial charge in [-0.2, -0.15) is 5.26 Å². The number of amides is 1. The third kappa shape index (κ3) is 4.00. The molecule has 0 bridgehead atoms. The van der Waals surface area contributed by atoms with Gasteiger partial charge in [0, 0.05) is 13.0 Å². The van der Waals surface area contributed by atoms with E-state index in [4.69, 9.17) is 10.00 Å². The number of benzene rings is 2. The number of aryl methyl sites for hydroxylation is 1. The van der Waals surface area contributed by atoms with Crippen molar-refractivity contribution in [2.24, 2.45) is 0 Å². The van der Waals surface area contributed by atoms with E-state index < -0.39 is 0 Å². The number of nitrogens with zero attached hydrogens (tertiary/aromatic N) is 2. The Morgan fingerprint density at radius 3 is 2.80 bits per heavy atom. The molecule has 1 fully saturated rings. The second-order valence-electron chi connectivity index (χ2n) is 6.33. The number of hydrogen-bond donors (Lipinski definition) is 0. The Morgan fingerprint density at radius 2 is 2.08 bits per heavy atom. The van der Waals surface area contributed by atoms with E-state index in [9.17, 15) is 4.79 Å². The molecule has 2 aromatic rings. The summed E-state index contributed by atoms with van der Waals surface area (Å²) in [5.74, 6) is 1.02. The Hall–Kier alpha value is -2.80. The van der Waals surface area contributed by atoms with Crippen LogP contribution in [-0.2, 0) is 11.2 Å². The molecule has 0 aromatic heterocycles. The van der Waals surface area contributed by atoms with Crippen molar-refractivity contribution in [1.29, 1.82) is 5.26 Å². The number of carbonyl (C=O) groups excluding carboxylic acids is 1. The van der Waals surface area contributed by atoms with Crippen LogP contribution in [0.25, 0.3) is 0 Å². The van der Waals surface area contributed by atoms with Gasteiger partial charge < -0.3 is 9.64 Å². The molecule has 1 aliphatic heterocycles. The van der Waals surface area contributed by atoms with Gasteiger partial charge in [0.2, 0.25) is 5.91 Å². The fourth-order valence-corrected chi connectivity index (χ4v) is 3.40. The predicted molar refractivity (Wildman–Crippen MR) is 96.2 cm³/mol. The van der Waals surface area contributed by atoms with Crippen LogP contribution in [-0.4, -0.2) is 24.5 Å². The predicted octanol–water partition coefficient (Wildman–Crippen LogP) is 3.86. The highest BCUT2D eigenvalue weighted by molar-refractivity contribution is 5.77. The Bertz CT molecular complexity index is 777. The van der Waals surface area contributed by atoms with Gasteiger partial charge in [-0.15, -0.1) is 0 Å². The fourth-order valence-electron chi connectivity index (χ4n) is 3.40. The second kappa shape index (κ2) is 7.85. The first-order valence-electron chi connectivity index (χ1n) is 8.63. The van der Waals surface area contributed by atoms with E-state index in [2.05, 4.69) is 12.1 Å². The molecule has 25 heavy (non-hydrogen) atoms. The minimum absolute atomic E-state index is 0.142. The minimum atomic E-state index is 0.142. The van der Waals surface area contributed by atoms with Crippen molar-refractivity contribution in [3.05, 3.63) is 65.2 Å². The van der Waals surface area contributed by atoms with Crippen molar-refractivity contribution in [3.8, 4) is 11.8 Å². The summed E-state index contributed by atoms with van der Waals surface area (Å²) in [5.41, 5.74) is 2.88. The Balaban J connectivity index is 1.65. The van der Waals surface area contributed by atoms with Gasteiger partial charge in [0.15, 0.2) is 0 Å². The van der Waals surface area contributed by atoms with Crippen molar-refractivity contribution < 1.29 is 9.53 Å². The Morgan fingerprint density at radius 1 is 1.28 bits per heavy atom. The van der Waals surface area contributed by atoms with E-state index in [-0.39, 0.29) is 11.9 Å². The maximum atomic E-state index is 12.7. The normalized spacial score (nSPS) is 16.5. The quantitative estimate of drug-likeness (QED) is 0.834. The summed E-state index contributed by atoms with van der Waals surface area (Å²) in [6.07, 6.45) is 3.22. The molecule has 0 spiro atoms. The van der Waals surface area contributed by atoms with E-state index in [1.165, 1.54) is 0 Å². The molecule has 1 amide bonds. The van der Waals surface area contributed by atoms with Crippen LogP contribution in [0.1, 0.15) is 42.0 Å². The third-order valence-electron chi connectivity index (χ3n) is 4.76. The zero-order valence-electron chi connectivity index (χ0n) is 14.4. The molecule has 1 heterocycles. The number of ether oxygens (including phenoxy) is 1. The van der Waals surface area contributed by atoms with Gasteiger partial charge in [0.05, 0.1) is 24.8 Å². The smallest absolute Gasteiger partial charge is 0.223 e. The molecule has 1 atom stereocenters. The molecule has 4 heteroatoms. The SMILES string of the molecule is COc1cccc(C2CCCN2C(=O)CCc2ccc(C#N)cc2)c1. The van der Waals surface area contributed by atoms with Gasteiger partial charge in [-0.05, 0) is 54.7 Å². The summed E-state index contributed by atoms with van der Waals surface area (Å²) in [4.78, 5) is 14.7. The van der Waals surface area contributed by atoms with Crippen LogP contribution in [0.15, 0.2) is 48.5 Å². The number of carbonyl (C=O) groups is 1. The summed E-state index contributed by atoms with van der Waals surface area (Å²) in [7, 11) is 1.66. The highest BCUT2D eigenvalue weighted by Crippen LogP contribution is 2.34. The number of nitriles is 1. The van der Waals surface area contributed by atoms with Gasteiger partial charge in [-0.3, -0.25) is 4.79 Å². The maximum Gasteiger partial charge on any atom is 0.223 e. The Labute approximate surface area is 148 Å². The summed E-state index contributed by atoms with van der Waals surface area (Å²) in [6, 6.07) is 17.7. The van der Waals surface area contributed by atoms with Gasteiger partial charge in [0.1, 0.15) is 5.75 Å². The average Bonchev–Trinajstić information content (AvgIpc) is 3.16. The van der Waals surface area contributed by atoms with Crippen LogP contribution in [0, 0.1) is 11.3 Å². The second-order valence-corrected chi connectivity index (χ2v) is 6.33. The van der Waals surface area contributed by atoms with Gasteiger partial charge in [0.25, 0.3) is 0 Å². The number of methoxy groups -OCH3 is 1. The minimum Gasteiger partial charge on any atom is -0.497 e. The molecule has 0 radical (unpaired) electrons. The molecule has 4 nitrogen and oxygen atoms in total. The van der Waals surface area contributed by atoms with E-state index in [1.54, 1.807) is 19.2 Å². The van der Waals surface area contributed by atoms with Crippen LogP contribution in [0.3, 0.4) is 0 Å². The van der Waals surface area contributed by atoms with Crippen molar-refractivity contribution in [1.82, 2.24) is 4.90 Å². The number of hydrogen-bond acceptors (Lipinski definition) is 3. The molecule has 0 aliphatic carbocycles. The number of rotatable bonds is 5. The van der Waals surface area contributed by atoms with E-state index in [0.29, 0.717) is 18.4 Å². The van der Waals surface area contributed by atoms with E-state index in [0.717, 1.165) is 36.3 Å². The van der Waals surface area contributed by atoms with Crippen molar-refractivity contribution in [2.45, 2.75) is 31.7 Å². The lowest BCUT2D eigenvalue weighted by atomic mass is 10.0. The molecule has 3 rings (SSSR count). The standard InChI is InChI=1S/C21H22N2O2/c1-25-19-5-2-4-18(14-19)20-6-3-13-23(20)21(24)12-11-16-7-9-17(15-22)10-8-16/h2,4-5,7-10,14,20H,3,6,11-13H2,1H3. The largest absolute Gasteiger partial charge is 0.497 e. The van der Waals surface area contributed by atoms with E-state index in [1.807, 2.05) is 35.2 Å². The first kappa shape index (κ1) is 17.0. The summed E-state index contributed by atoms with van der Waals surface area (Å²) >= 11 is 0. The van der Waals surface area contributed by atoms with Crippen LogP contribution >= 0.6 is 0 Å². The summed E-state index contributed by atoms with van der Waals surface area (Å²) < 4.78 is 5.31. The third-order valence-corrected chi connectivity index (χ3v) is 4.76. The zero-order valence-corrected chi connectivity index (χ0v) is 14.4. The molecule has 1 aliphatic rings. The fraction of sp³-hybridized carbons (Fsp3) is 0.333. The van der Waals surface area contributed by atoms with Crippen LogP contribution in [0.2, 0.25) is 0 Å². The number of likely N-dealkylation sites (tertiary alicyclic amines) is 1. The molecule has 2 aromatic carbocycles. The molecule has 0 N–H and O–H groups in total. The van der Waals surface area contributed by atoms with Crippen molar-refractivity contribution in [3.63, 3.8) is 0 Å². The molecular weight excluding hydrogens is 312 g/mol. The van der Waals surface area contributed by atoms with Gasteiger partial charge in [-0.1, -0.05) is 24.3 Å². The van der Waals surface area contributed by atoms with E-state index >= 15 is 0 Å². The van der Waals surface area contributed by atoms with Gasteiger partial charge in [-0.25, -0.2) is 0 Å². The van der Waals surface area contributed by atoms with Crippen molar-refractivity contribution in [2.75, 3.05) is 13.7 Å². The molecule has 1 unspecified atom stereocenters.